The molecular formula is C57H37N3. The SMILES string of the molecule is c1ccc(-c2cccc(-c3nc(-c4cccc(-c5ccc6ccccc6c5)c4)nc(-c4cccc(-c5ccc6cc(-c7cccc8ccccc78)ccc6c5)c4)n3)c2)cc1. The second kappa shape index (κ2) is 15.1. The van der Waals surface area contributed by atoms with Crippen molar-refractivity contribution in [1.29, 1.82) is 0 Å². The Hall–Kier alpha value is -8.01. The molecule has 0 unspecified atom stereocenters. The van der Waals surface area contributed by atoms with Crippen molar-refractivity contribution in [2.24, 2.45) is 0 Å². The summed E-state index contributed by atoms with van der Waals surface area (Å²) in [5.41, 5.74) is 12.0. The molecule has 3 heteroatoms. The molecular weight excluding hydrogens is 727 g/mol. The van der Waals surface area contributed by atoms with Crippen LogP contribution in [0.4, 0.5) is 0 Å². The van der Waals surface area contributed by atoms with Gasteiger partial charge in [-0.15, -0.1) is 0 Å². The number of aromatic nitrogens is 3. The quantitative estimate of drug-likeness (QED) is 0.162. The smallest absolute Gasteiger partial charge is 0.164 e. The predicted octanol–water partition coefficient (Wildman–Crippen LogP) is 15.0. The lowest BCUT2D eigenvalue weighted by Gasteiger charge is -2.12. The molecule has 0 N–H and O–H groups in total. The molecule has 0 aliphatic heterocycles. The molecule has 0 saturated carbocycles. The van der Waals surface area contributed by atoms with Crippen LogP contribution < -0.4 is 0 Å². The van der Waals surface area contributed by atoms with Crippen LogP contribution in [0.5, 0.6) is 0 Å². The van der Waals surface area contributed by atoms with E-state index < -0.39 is 0 Å². The van der Waals surface area contributed by atoms with Crippen LogP contribution >= 0.6 is 0 Å². The molecule has 60 heavy (non-hydrogen) atoms. The van der Waals surface area contributed by atoms with Gasteiger partial charge in [-0.2, -0.15) is 0 Å². The van der Waals surface area contributed by atoms with Crippen LogP contribution in [0, 0.1) is 0 Å². The van der Waals surface area contributed by atoms with Crippen LogP contribution in [-0.4, -0.2) is 15.0 Å². The normalized spacial score (nSPS) is 11.3. The summed E-state index contributed by atoms with van der Waals surface area (Å²) in [5.74, 6) is 1.88. The Kier molecular flexibility index (Phi) is 8.83. The van der Waals surface area contributed by atoms with Crippen LogP contribution in [0.1, 0.15) is 0 Å². The van der Waals surface area contributed by atoms with Gasteiger partial charge in [-0.1, -0.05) is 188 Å². The van der Waals surface area contributed by atoms with Crippen LogP contribution in [0.3, 0.4) is 0 Å². The maximum atomic E-state index is 5.19. The summed E-state index contributed by atoms with van der Waals surface area (Å²) in [6.07, 6.45) is 0. The van der Waals surface area contributed by atoms with E-state index in [0.717, 1.165) is 50.1 Å². The summed E-state index contributed by atoms with van der Waals surface area (Å²) in [6, 6.07) is 79.6. The van der Waals surface area contributed by atoms with Gasteiger partial charge in [0.2, 0.25) is 0 Å². The minimum atomic E-state index is 0.624. The molecule has 0 saturated heterocycles. The lowest BCUT2D eigenvalue weighted by molar-refractivity contribution is 1.07. The number of hydrogen-bond acceptors (Lipinski definition) is 3. The number of fused-ring (bicyclic) bond motifs is 3. The average molecular weight is 764 g/mol. The Balaban J connectivity index is 0.993. The van der Waals surface area contributed by atoms with Crippen molar-refractivity contribution in [3.8, 4) is 78.7 Å². The van der Waals surface area contributed by atoms with Gasteiger partial charge >= 0.3 is 0 Å². The first-order valence-corrected chi connectivity index (χ1v) is 20.3. The van der Waals surface area contributed by atoms with E-state index in [1.165, 1.54) is 43.4 Å². The summed E-state index contributed by atoms with van der Waals surface area (Å²) >= 11 is 0. The first kappa shape index (κ1) is 35.2. The molecule has 0 radical (unpaired) electrons. The zero-order valence-electron chi connectivity index (χ0n) is 32.7. The van der Waals surface area contributed by atoms with Crippen molar-refractivity contribution in [3.63, 3.8) is 0 Å². The fraction of sp³-hybridized carbons (Fsp3) is 0. The lowest BCUT2D eigenvalue weighted by Crippen LogP contribution is -2.00. The van der Waals surface area contributed by atoms with E-state index in [0.29, 0.717) is 17.5 Å². The van der Waals surface area contributed by atoms with Crippen molar-refractivity contribution in [3.05, 3.63) is 224 Å². The second-order valence-electron chi connectivity index (χ2n) is 15.3. The van der Waals surface area contributed by atoms with Gasteiger partial charge in [0.05, 0.1) is 0 Å². The van der Waals surface area contributed by atoms with Crippen molar-refractivity contribution in [2.75, 3.05) is 0 Å². The number of nitrogens with zero attached hydrogens (tertiary/aromatic N) is 3. The van der Waals surface area contributed by atoms with Crippen molar-refractivity contribution < 1.29 is 0 Å². The molecule has 0 amide bonds. The third-order valence-corrected chi connectivity index (χ3v) is 11.5. The van der Waals surface area contributed by atoms with Crippen LogP contribution in [0.15, 0.2) is 224 Å². The van der Waals surface area contributed by atoms with Gasteiger partial charge in [0.25, 0.3) is 0 Å². The lowest BCUT2D eigenvalue weighted by atomic mass is 9.94. The predicted molar refractivity (Wildman–Crippen MR) is 250 cm³/mol. The maximum absolute atomic E-state index is 5.19. The first-order valence-electron chi connectivity index (χ1n) is 20.3. The molecule has 10 aromatic carbocycles. The summed E-state index contributed by atoms with van der Waals surface area (Å²) in [6.45, 7) is 0. The van der Waals surface area contributed by atoms with Crippen LogP contribution in [0.25, 0.3) is 111 Å². The van der Waals surface area contributed by atoms with Gasteiger partial charge in [0.1, 0.15) is 0 Å². The van der Waals surface area contributed by atoms with E-state index in [1.807, 2.05) is 6.07 Å². The van der Waals surface area contributed by atoms with Crippen molar-refractivity contribution in [1.82, 2.24) is 15.0 Å². The highest BCUT2D eigenvalue weighted by Gasteiger charge is 2.15. The Morgan fingerprint density at radius 2 is 0.567 bits per heavy atom. The summed E-state index contributed by atoms with van der Waals surface area (Å²) in [5, 5.41) is 7.34. The minimum Gasteiger partial charge on any atom is -0.208 e. The van der Waals surface area contributed by atoms with Crippen LogP contribution in [0.2, 0.25) is 0 Å². The fourth-order valence-corrected chi connectivity index (χ4v) is 8.35. The van der Waals surface area contributed by atoms with Gasteiger partial charge in [-0.3, -0.25) is 0 Å². The van der Waals surface area contributed by atoms with E-state index >= 15 is 0 Å². The van der Waals surface area contributed by atoms with E-state index in [9.17, 15) is 0 Å². The number of hydrogen-bond donors (Lipinski definition) is 0. The van der Waals surface area contributed by atoms with E-state index in [-0.39, 0.29) is 0 Å². The Labute approximate surface area is 349 Å². The largest absolute Gasteiger partial charge is 0.208 e. The van der Waals surface area contributed by atoms with E-state index in [2.05, 4.69) is 218 Å². The monoisotopic (exact) mass is 763 g/mol. The minimum absolute atomic E-state index is 0.624. The molecule has 1 heterocycles. The van der Waals surface area contributed by atoms with Gasteiger partial charge < -0.3 is 0 Å². The van der Waals surface area contributed by atoms with E-state index in [1.54, 1.807) is 0 Å². The third-order valence-electron chi connectivity index (χ3n) is 11.5. The standard InChI is InChI=1S/C57H37N3/c1-2-12-38(13-3-1)42-18-8-21-50(35-42)55-58-56(51-22-9-19-43(36-51)45-27-26-39-14-4-5-16-41(39)32-45)60-57(59-55)52-23-10-20-44(37-52)46-28-29-48-34-49(31-30-47(48)33-46)54-25-11-17-40-15-6-7-24-53(40)54/h1-37H. The Bertz CT molecular complexity index is 3380. The van der Waals surface area contributed by atoms with Gasteiger partial charge in [0.15, 0.2) is 17.5 Å². The number of benzene rings is 10. The third kappa shape index (κ3) is 6.78. The Morgan fingerprint density at radius 1 is 0.200 bits per heavy atom. The van der Waals surface area contributed by atoms with Crippen LogP contribution in [-0.2, 0) is 0 Å². The van der Waals surface area contributed by atoms with Gasteiger partial charge in [0, 0.05) is 16.7 Å². The molecule has 3 nitrogen and oxygen atoms in total. The second-order valence-corrected chi connectivity index (χ2v) is 15.3. The van der Waals surface area contributed by atoms with Crippen molar-refractivity contribution in [2.45, 2.75) is 0 Å². The highest BCUT2D eigenvalue weighted by Crippen LogP contribution is 2.35. The molecule has 11 rings (SSSR count). The highest BCUT2D eigenvalue weighted by molar-refractivity contribution is 5.99. The molecule has 280 valence electrons. The molecule has 0 atom stereocenters. The average Bonchev–Trinajstić information content (AvgIpc) is 3.33. The molecule has 0 fully saturated rings. The molecule has 11 aromatic rings. The maximum Gasteiger partial charge on any atom is 0.164 e. The molecule has 1 aromatic heterocycles. The fourth-order valence-electron chi connectivity index (χ4n) is 8.35. The summed E-state index contributed by atoms with van der Waals surface area (Å²) in [4.78, 5) is 15.5. The van der Waals surface area contributed by atoms with Gasteiger partial charge in [-0.25, -0.2) is 15.0 Å². The van der Waals surface area contributed by atoms with Crippen molar-refractivity contribution >= 4 is 32.3 Å². The number of rotatable bonds is 7. The van der Waals surface area contributed by atoms with Gasteiger partial charge in [-0.05, 0) is 113 Å². The summed E-state index contributed by atoms with van der Waals surface area (Å²) < 4.78 is 0. The zero-order chi connectivity index (χ0) is 39.8. The molecule has 0 aliphatic carbocycles. The molecule has 0 spiro atoms. The first-order chi connectivity index (χ1) is 29.7. The topological polar surface area (TPSA) is 38.7 Å². The molecule has 0 aliphatic rings. The highest BCUT2D eigenvalue weighted by atomic mass is 15.0. The molecule has 0 bridgehead atoms. The van der Waals surface area contributed by atoms with E-state index in [4.69, 9.17) is 15.0 Å². The Morgan fingerprint density at radius 3 is 1.17 bits per heavy atom. The zero-order valence-corrected chi connectivity index (χ0v) is 32.7. The summed E-state index contributed by atoms with van der Waals surface area (Å²) in [7, 11) is 0.